The lowest BCUT2D eigenvalue weighted by Gasteiger charge is -2.42. The van der Waals surface area contributed by atoms with Crippen LogP contribution in [0, 0.1) is 0 Å². The fraction of sp³-hybridized carbons (Fsp3) is 0.438. The predicted octanol–water partition coefficient (Wildman–Crippen LogP) is 7.90. The summed E-state index contributed by atoms with van der Waals surface area (Å²) >= 11 is 0. The first-order chi connectivity index (χ1) is 16.8. The molecule has 0 bridgehead atoms. The van der Waals surface area contributed by atoms with Gasteiger partial charge < -0.3 is 13.7 Å². The average Bonchev–Trinajstić information content (AvgIpc) is 3.29. The molecule has 1 aliphatic carbocycles. The largest absolute Gasteiger partial charge is 0.495 e. The molecule has 0 amide bonds. The minimum Gasteiger partial charge on any atom is -0.456 e. The molecule has 186 valence electrons. The number of fused-ring (bicyclic) bond motifs is 4. The van der Waals surface area contributed by atoms with Crippen LogP contribution in [0.2, 0.25) is 0 Å². The van der Waals surface area contributed by atoms with Crippen LogP contribution in [-0.2, 0) is 20.1 Å². The molecular formula is C32H37BO3. The second-order valence-electron chi connectivity index (χ2n) is 13.2. The maximum Gasteiger partial charge on any atom is 0.495 e. The van der Waals surface area contributed by atoms with Crippen LogP contribution in [0.15, 0.2) is 59.0 Å². The highest BCUT2D eigenvalue weighted by Crippen LogP contribution is 2.47. The van der Waals surface area contributed by atoms with Gasteiger partial charge in [0, 0.05) is 10.8 Å². The topological polar surface area (TPSA) is 31.6 Å². The molecule has 4 aromatic rings. The van der Waals surface area contributed by atoms with E-state index in [0.717, 1.165) is 33.0 Å². The van der Waals surface area contributed by atoms with E-state index in [1.807, 2.05) is 12.1 Å². The summed E-state index contributed by atoms with van der Waals surface area (Å²) in [5.74, 6) is 0. The second-order valence-corrected chi connectivity index (χ2v) is 13.2. The van der Waals surface area contributed by atoms with Crippen molar-refractivity contribution in [1.82, 2.24) is 0 Å². The Morgan fingerprint density at radius 3 is 1.97 bits per heavy atom. The molecule has 1 aliphatic heterocycles. The number of benzene rings is 3. The SMILES string of the molecule is CC1(C)CCC(C)(C)c2cc(-c3cc(B4OC(C)(C)C(C)(C)O4)c4c(c3)oc3ccccc34)ccc21. The first-order valence-corrected chi connectivity index (χ1v) is 13.3. The number of para-hydroxylation sites is 1. The summed E-state index contributed by atoms with van der Waals surface area (Å²) < 4.78 is 19.5. The van der Waals surface area contributed by atoms with E-state index in [4.69, 9.17) is 13.7 Å². The van der Waals surface area contributed by atoms with E-state index in [-0.39, 0.29) is 10.8 Å². The van der Waals surface area contributed by atoms with Crippen LogP contribution < -0.4 is 5.46 Å². The molecule has 6 rings (SSSR count). The normalized spacial score (nSPS) is 21.7. The van der Waals surface area contributed by atoms with Gasteiger partial charge in [0.25, 0.3) is 0 Å². The van der Waals surface area contributed by atoms with Gasteiger partial charge >= 0.3 is 7.12 Å². The van der Waals surface area contributed by atoms with Gasteiger partial charge in [-0.05, 0) is 91.2 Å². The van der Waals surface area contributed by atoms with Crippen molar-refractivity contribution >= 4 is 34.5 Å². The number of rotatable bonds is 2. The zero-order valence-corrected chi connectivity index (χ0v) is 22.9. The highest BCUT2D eigenvalue weighted by Gasteiger charge is 2.52. The summed E-state index contributed by atoms with van der Waals surface area (Å²) in [6.07, 6.45) is 2.40. The highest BCUT2D eigenvalue weighted by molar-refractivity contribution is 6.66. The van der Waals surface area contributed by atoms with Gasteiger partial charge in [-0.3, -0.25) is 0 Å². The van der Waals surface area contributed by atoms with E-state index >= 15 is 0 Å². The molecule has 1 saturated heterocycles. The second kappa shape index (κ2) is 7.49. The molecule has 3 nitrogen and oxygen atoms in total. The van der Waals surface area contributed by atoms with Crippen LogP contribution >= 0.6 is 0 Å². The average molecular weight is 480 g/mol. The van der Waals surface area contributed by atoms with E-state index in [0.29, 0.717) is 0 Å². The third-order valence-corrected chi connectivity index (χ3v) is 9.20. The molecule has 0 N–H and O–H groups in total. The zero-order valence-electron chi connectivity index (χ0n) is 22.9. The molecule has 0 unspecified atom stereocenters. The van der Waals surface area contributed by atoms with Crippen molar-refractivity contribution < 1.29 is 13.7 Å². The van der Waals surface area contributed by atoms with Crippen molar-refractivity contribution in [2.45, 2.75) is 90.3 Å². The van der Waals surface area contributed by atoms with Crippen molar-refractivity contribution in [3.63, 3.8) is 0 Å². The number of hydrogen-bond acceptors (Lipinski definition) is 3. The molecule has 0 atom stereocenters. The lowest BCUT2D eigenvalue weighted by molar-refractivity contribution is 0.00578. The Bertz CT molecular complexity index is 1490. The number of hydrogen-bond donors (Lipinski definition) is 0. The molecule has 0 saturated carbocycles. The Labute approximate surface area is 215 Å². The van der Waals surface area contributed by atoms with Gasteiger partial charge in [-0.2, -0.15) is 0 Å². The highest BCUT2D eigenvalue weighted by atomic mass is 16.7. The summed E-state index contributed by atoms with van der Waals surface area (Å²) in [6.45, 7) is 17.9. The van der Waals surface area contributed by atoms with Crippen molar-refractivity contribution in [3.8, 4) is 11.1 Å². The van der Waals surface area contributed by atoms with Crippen molar-refractivity contribution in [2.75, 3.05) is 0 Å². The molecule has 1 aromatic heterocycles. The zero-order chi connectivity index (χ0) is 25.7. The van der Waals surface area contributed by atoms with Gasteiger partial charge in [0.15, 0.2) is 0 Å². The number of furan rings is 1. The third kappa shape index (κ3) is 3.49. The van der Waals surface area contributed by atoms with Gasteiger partial charge in [0.2, 0.25) is 0 Å². The van der Waals surface area contributed by atoms with Crippen LogP contribution in [0.4, 0.5) is 0 Å². The maximum absolute atomic E-state index is 6.55. The smallest absolute Gasteiger partial charge is 0.456 e. The molecule has 36 heavy (non-hydrogen) atoms. The Morgan fingerprint density at radius 2 is 1.28 bits per heavy atom. The molecule has 1 fully saturated rings. The first kappa shape index (κ1) is 23.8. The Balaban J connectivity index is 1.58. The standard InChI is InChI=1S/C32H37BO3/c1-29(2)15-16-30(3,4)24-17-20(13-14-23(24)29)21-18-25(33-35-31(5,6)32(7,8)36-33)28-22-11-9-10-12-26(22)34-27(28)19-21/h9-14,17-19H,15-16H2,1-8H3. The summed E-state index contributed by atoms with van der Waals surface area (Å²) in [5.41, 5.74) is 7.57. The summed E-state index contributed by atoms with van der Waals surface area (Å²) in [5, 5.41) is 2.17. The van der Waals surface area contributed by atoms with Crippen LogP contribution in [0.1, 0.15) is 79.4 Å². The van der Waals surface area contributed by atoms with Crippen LogP contribution in [0.25, 0.3) is 33.1 Å². The van der Waals surface area contributed by atoms with Crippen LogP contribution in [0.5, 0.6) is 0 Å². The van der Waals surface area contributed by atoms with Gasteiger partial charge in [0.05, 0.1) is 11.2 Å². The summed E-state index contributed by atoms with van der Waals surface area (Å²) in [7, 11) is -0.466. The van der Waals surface area contributed by atoms with E-state index in [1.54, 1.807) is 0 Å². The Kier molecular flexibility index (Phi) is 4.96. The quantitative estimate of drug-likeness (QED) is 0.273. The van der Waals surface area contributed by atoms with Gasteiger partial charge in [-0.1, -0.05) is 70.2 Å². The lowest BCUT2D eigenvalue weighted by Crippen LogP contribution is -2.41. The monoisotopic (exact) mass is 480 g/mol. The summed E-state index contributed by atoms with van der Waals surface area (Å²) in [4.78, 5) is 0. The minimum absolute atomic E-state index is 0.152. The molecule has 0 radical (unpaired) electrons. The Morgan fingerprint density at radius 1 is 0.639 bits per heavy atom. The summed E-state index contributed by atoms with van der Waals surface area (Å²) in [6, 6.07) is 19.7. The fourth-order valence-electron chi connectivity index (χ4n) is 5.98. The predicted molar refractivity (Wildman–Crippen MR) is 150 cm³/mol. The van der Waals surface area contributed by atoms with E-state index in [1.165, 1.54) is 29.5 Å². The van der Waals surface area contributed by atoms with E-state index in [2.05, 4.69) is 97.9 Å². The lowest BCUT2D eigenvalue weighted by atomic mass is 9.63. The third-order valence-electron chi connectivity index (χ3n) is 9.20. The molecule has 3 aromatic carbocycles. The molecule has 0 spiro atoms. The van der Waals surface area contributed by atoms with Gasteiger partial charge in [0.1, 0.15) is 11.2 Å². The van der Waals surface area contributed by atoms with Crippen molar-refractivity contribution in [1.29, 1.82) is 0 Å². The molecule has 2 heterocycles. The van der Waals surface area contributed by atoms with Crippen molar-refractivity contribution in [3.05, 3.63) is 65.7 Å². The fourth-order valence-corrected chi connectivity index (χ4v) is 5.98. The van der Waals surface area contributed by atoms with Gasteiger partial charge in [-0.25, -0.2) is 0 Å². The molecule has 2 aliphatic rings. The van der Waals surface area contributed by atoms with Crippen LogP contribution in [0.3, 0.4) is 0 Å². The Hall–Kier alpha value is -2.56. The van der Waals surface area contributed by atoms with Gasteiger partial charge in [-0.15, -0.1) is 0 Å². The van der Waals surface area contributed by atoms with Crippen molar-refractivity contribution in [2.24, 2.45) is 0 Å². The van der Waals surface area contributed by atoms with E-state index < -0.39 is 18.3 Å². The minimum atomic E-state index is -0.466. The molecular weight excluding hydrogens is 443 g/mol. The maximum atomic E-state index is 6.55. The first-order valence-electron chi connectivity index (χ1n) is 13.3. The van der Waals surface area contributed by atoms with Crippen LogP contribution in [-0.4, -0.2) is 18.3 Å². The molecule has 4 heteroatoms. The van der Waals surface area contributed by atoms with E-state index in [9.17, 15) is 0 Å².